The number of halogens is 2. The summed E-state index contributed by atoms with van der Waals surface area (Å²) in [4.78, 5) is 14.3. The van der Waals surface area contributed by atoms with E-state index in [1.165, 1.54) is 32.4 Å². The highest BCUT2D eigenvalue weighted by Gasteiger charge is 2.09. The Kier molecular flexibility index (Phi) is 11.9. The lowest BCUT2D eigenvalue weighted by molar-refractivity contribution is -0.121. The van der Waals surface area contributed by atoms with E-state index in [4.69, 9.17) is 5.73 Å². The first-order valence-electron chi connectivity index (χ1n) is 8.08. The van der Waals surface area contributed by atoms with Crippen LogP contribution >= 0.6 is 24.8 Å². The predicted molar refractivity (Wildman–Crippen MR) is 102 cm³/mol. The number of carbonyl (C=O) groups is 1. The van der Waals surface area contributed by atoms with E-state index in [0.717, 1.165) is 30.8 Å². The van der Waals surface area contributed by atoms with E-state index in [9.17, 15) is 4.79 Å². The Morgan fingerprint density at radius 1 is 1.13 bits per heavy atom. The van der Waals surface area contributed by atoms with Crippen LogP contribution in [0, 0.1) is 0 Å². The smallest absolute Gasteiger partial charge is 0.220 e. The van der Waals surface area contributed by atoms with Crippen molar-refractivity contribution in [3.63, 3.8) is 0 Å². The van der Waals surface area contributed by atoms with Crippen molar-refractivity contribution < 1.29 is 4.79 Å². The van der Waals surface area contributed by atoms with E-state index in [1.807, 2.05) is 24.3 Å². The van der Waals surface area contributed by atoms with E-state index < -0.39 is 0 Å². The zero-order valence-electron chi connectivity index (χ0n) is 13.6. The van der Waals surface area contributed by atoms with Gasteiger partial charge in [-0.3, -0.25) is 4.79 Å². The highest BCUT2D eigenvalue weighted by Crippen LogP contribution is 2.12. The van der Waals surface area contributed by atoms with Crippen LogP contribution in [0.3, 0.4) is 0 Å². The summed E-state index contributed by atoms with van der Waals surface area (Å²) in [5.74, 6) is 0.122. The number of nitrogen functional groups attached to an aromatic ring is 1. The summed E-state index contributed by atoms with van der Waals surface area (Å²) in [6, 6.07) is 7.74. The van der Waals surface area contributed by atoms with Gasteiger partial charge < -0.3 is 16.0 Å². The largest absolute Gasteiger partial charge is 0.399 e. The number of carbonyl (C=O) groups excluding carboxylic acids is 1. The SMILES string of the molecule is Cl.Cl.Nc1ccccc1CCC(=O)NCCCN1CCCCC1. The lowest BCUT2D eigenvalue weighted by Gasteiger charge is -2.26. The summed E-state index contributed by atoms with van der Waals surface area (Å²) in [6.07, 6.45) is 6.29. The van der Waals surface area contributed by atoms with E-state index in [2.05, 4.69) is 10.2 Å². The monoisotopic (exact) mass is 361 g/mol. The number of benzene rings is 1. The number of aryl methyl sites for hydroxylation is 1. The molecule has 1 amide bonds. The normalized spacial score (nSPS) is 14.4. The molecule has 1 heterocycles. The maximum atomic E-state index is 11.8. The lowest BCUT2D eigenvalue weighted by Crippen LogP contribution is -2.33. The summed E-state index contributed by atoms with van der Waals surface area (Å²) in [5.41, 5.74) is 7.70. The van der Waals surface area contributed by atoms with Crippen molar-refractivity contribution in [2.24, 2.45) is 0 Å². The molecule has 0 radical (unpaired) electrons. The third-order valence-electron chi connectivity index (χ3n) is 4.10. The van der Waals surface area contributed by atoms with Gasteiger partial charge in [0.2, 0.25) is 5.91 Å². The van der Waals surface area contributed by atoms with Gasteiger partial charge in [0.1, 0.15) is 0 Å². The minimum Gasteiger partial charge on any atom is -0.399 e. The molecule has 2 rings (SSSR count). The van der Waals surface area contributed by atoms with Gasteiger partial charge in [-0.25, -0.2) is 0 Å². The Hall–Kier alpha value is -0.970. The molecule has 0 bridgehead atoms. The van der Waals surface area contributed by atoms with Crippen molar-refractivity contribution in [1.29, 1.82) is 0 Å². The molecular weight excluding hydrogens is 333 g/mol. The number of hydrogen-bond acceptors (Lipinski definition) is 3. The van der Waals surface area contributed by atoms with Gasteiger partial charge in [-0.05, 0) is 56.9 Å². The van der Waals surface area contributed by atoms with E-state index in [-0.39, 0.29) is 30.7 Å². The first kappa shape index (κ1) is 22.0. The summed E-state index contributed by atoms with van der Waals surface area (Å²) in [7, 11) is 0. The molecule has 3 N–H and O–H groups in total. The zero-order chi connectivity index (χ0) is 14.9. The van der Waals surface area contributed by atoms with Gasteiger partial charge in [0.25, 0.3) is 0 Å². The van der Waals surface area contributed by atoms with Crippen molar-refractivity contribution >= 4 is 36.4 Å². The maximum Gasteiger partial charge on any atom is 0.220 e. The molecule has 0 aliphatic carbocycles. The zero-order valence-corrected chi connectivity index (χ0v) is 15.3. The molecule has 0 unspecified atom stereocenters. The van der Waals surface area contributed by atoms with Crippen LogP contribution in [-0.2, 0) is 11.2 Å². The second-order valence-electron chi connectivity index (χ2n) is 5.80. The molecule has 1 aliphatic rings. The van der Waals surface area contributed by atoms with Crippen LogP contribution in [0.4, 0.5) is 5.69 Å². The Balaban J connectivity index is 0.00000242. The standard InChI is InChI=1S/C17H27N3O.2ClH/c18-16-8-3-2-7-15(16)9-10-17(21)19-11-6-14-20-12-4-1-5-13-20;;/h2-3,7-8H,1,4-6,9-14,18H2,(H,19,21);2*1H. The number of likely N-dealkylation sites (tertiary alicyclic amines) is 1. The quantitative estimate of drug-likeness (QED) is 0.579. The first-order valence-corrected chi connectivity index (χ1v) is 8.08. The molecule has 0 aromatic heterocycles. The Morgan fingerprint density at radius 2 is 1.83 bits per heavy atom. The highest BCUT2D eigenvalue weighted by molar-refractivity contribution is 5.85. The first-order chi connectivity index (χ1) is 10.3. The van der Waals surface area contributed by atoms with Gasteiger partial charge >= 0.3 is 0 Å². The highest BCUT2D eigenvalue weighted by atomic mass is 35.5. The number of amides is 1. The number of nitrogens with two attached hydrogens (primary N) is 1. The fraction of sp³-hybridized carbons (Fsp3) is 0.588. The van der Waals surface area contributed by atoms with Gasteiger partial charge in [0.05, 0.1) is 0 Å². The molecule has 0 atom stereocenters. The fourth-order valence-electron chi connectivity index (χ4n) is 2.81. The second kappa shape index (κ2) is 12.5. The van der Waals surface area contributed by atoms with Crippen LogP contribution in [0.1, 0.15) is 37.7 Å². The third kappa shape index (κ3) is 8.45. The van der Waals surface area contributed by atoms with E-state index >= 15 is 0 Å². The van der Waals surface area contributed by atoms with Crippen molar-refractivity contribution in [2.75, 3.05) is 31.9 Å². The molecule has 1 fully saturated rings. The minimum absolute atomic E-state index is 0. The Morgan fingerprint density at radius 3 is 2.52 bits per heavy atom. The van der Waals surface area contributed by atoms with Gasteiger partial charge in [0.15, 0.2) is 0 Å². The predicted octanol–water partition coefficient (Wildman–Crippen LogP) is 3.04. The van der Waals surface area contributed by atoms with Crippen molar-refractivity contribution in [1.82, 2.24) is 10.2 Å². The number of anilines is 1. The average molecular weight is 362 g/mol. The summed E-state index contributed by atoms with van der Waals surface area (Å²) in [5, 5.41) is 3.01. The van der Waals surface area contributed by atoms with E-state index in [1.54, 1.807) is 0 Å². The molecule has 0 saturated carbocycles. The Bertz CT molecular complexity index is 451. The van der Waals surface area contributed by atoms with Crippen molar-refractivity contribution in [3.8, 4) is 0 Å². The summed E-state index contributed by atoms with van der Waals surface area (Å²) in [6.45, 7) is 4.33. The average Bonchev–Trinajstić information content (AvgIpc) is 2.52. The van der Waals surface area contributed by atoms with Crippen LogP contribution in [-0.4, -0.2) is 37.0 Å². The molecule has 0 spiro atoms. The van der Waals surface area contributed by atoms with Gasteiger partial charge in [-0.15, -0.1) is 24.8 Å². The molecule has 132 valence electrons. The van der Waals surface area contributed by atoms with Crippen LogP contribution in [0.25, 0.3) is 0 Å². The molecular formula is C17H29Cl2N3O. The van der Waals surface area contributed by atoms with E-state index in [0.29, 0.717) is 12.8 Å². The van der Waals surface area contributed by atoms with Crippen LogP contribution in [0.2, 0.25) is 0 Å². The number of rotatable bonds is 7. The molecule has 4 nitrogen and oxygen atoms in total. The van der Waals surface area contributed by atoms with Gasteiger partial charge in [-0.1, -0.05) is 24.6 Å². The summed E-state index contributed by atoms with van der Waals surface area (Å²) >= 11 is 0. The number of nitrogens with zero attached hydrogens (tertiary/aromatic N) is 1. The molecule has 1 aromatic rings. The van der Waals surface area contributed by atoms with Crippen molar-refractivity contribution in [3.05, 3.63) is 29.8 Å². The number of nitrogens with one attached hydrogen (secondary N) is 1. The van der Waals surface area contributed by atoms with Crippen LogP contribution in [0.5, 0.6) is 0 Å². The lowest BCUT2D eigenvalue weighted by atomic mass is 10.1. The number of piperidine rings is 1. The van der Waals surface area contributed by atoms with Crippen LogP contribution in [0.15, 0.2) is 24.3 Å². The van der Waals surface area contributed by atoms with Gasteiger partial charge in [-0.2, -0.15) is 0 Å². The topological polar surface area (TPSA) is 58.4 Å². The van der Waals surface area contributed by atoms with Crippen molar-refractivity contribution in [2.45, 2.75) is 38.5 Å². The summed E-state index contributed by atoms with van der Waals surface area (Å²) < 4.78 is 0. The third-order valence-corrected chi connectivity index (χ3v) is 4.10. The molecule has 1 aromatic carbocycles. The fourth-order valence-corrected chi connectivity index (χ4v) is 2.81. The maximum absolute atomic E-state index is 11.8. The molecule has 23 heavy (non-hydrogen) atoms. The number of hydrogen-bond donors (Lipinski definition) is 2. The molecule has 1 saturated heterocycles. The molecule has 6 heteroatoms. The minimum atomic E-state index is 0. The van der Waals surface area contributed by atoms with Crippen LogP contribution < -0.4 is 11.1 Å². The Labute approximate surface area is 152 Å². The second-order valence-corrected chi connectivity index (χ2v) is 5.80. The molecule has 1 aliphatic heterocycles. The van der Waals surface area contributed by atoms with Gasteiger partial charge in [0, 0.05) is 18.7 Å². The number of para-hydroxylation sites is 1.